The molecule has 1 aromatic carbocycles. The monoisotopic (exact) mass is 278 g/mol. The molecule has 106 valence electrons. The first-order chi connectivity index (χ1) is 9.65. The van der Waals surface area contributed by atoms with Crippen LogP contribution in [0.1, 0.15) is 23.0 Å². The van der Waals surface area contributed by atoms with Crippen LogP contribution in [0, 0.1) is 5.82 Å². The maximum Gasteiger partial charge on any atom is 0.276 e. The lowest BCUT2D eigenvalue weighted by Gasteiger charge is -2.19. The van der Waals surface area contributed by atoms with Gasteiger partial charge in [-0.2, -0.15) is 15.4 Å². The smallest absolute Gasteiger partial charge is 0.276 e. The van der Waals surface area contributed by atoms with E-state index in [-0.39, 0.29) is 17.4 Å². The van der Waals surface area contributed by atoms with Gasteiger partial charge in [-0.05, 0) is 24.6 Å². The summed E-state index contributed by atoms with van der Waals surface area (Å²) in [5.41, 5.74) is 0.919. The lowest BCUT2D eigenvalue weighted by Crippen LogP contribution is -2.30. The molecular formula is C13H15FN4O2. The van der Waals surface area contributed by atoms with E-state index in [1.165, 1.54) is 19.4 Å². The zero-order valence-corrected chi connectivity index (χ0v) is 11.3. The fraction of sp³-hybridized carbons (Fsp3) is 0.308. The van der Waals surface area contributed by atoms with Crippen LogP contribution >= 0.6 is 0 Å². The molecule has 0 atom stereocenters. The molecule has 0 saturated carbocycles. The van der Waals surface area contributed by atoms with E-state index in [2.05, 4.69) is 15.4 Å². The van der Waals surface area contributed by atoms with Crippen molar-refractivity contribution >= 4 is 5.91 Å². The largest absolute Gasteiger partial charge is 0.494 e. The second kappa shape index (κ2) is 6.14. The van der Waals surface area contributed by atoms with E-state index in [0.29, 0.717) is 18.7 Å². The van der Waals surface area contributed by atoms with Crippen molar-refractivity contribution in [2.75, 3.05) is 13.7 Å². The molecule has 0 bridgehead atoms. The third-order valence-corrected chi connectivity index (χ3v) is 2.89. The minimum Gasteiger partial charge on any atom is -0.494 e. The second-order valence-corrected chi connectivity index (χ2v) is 4.14. The fourth-order valence-corrected chi connectivity index (χ4v) is 1.82. The Morgan fingerprint density at radius 2 is 2.30 bits per heavy atom. The number of aromatic amines is 1. The predicted octanol–water partition coefficient (Wildman–Crippen LogP) is 1.61. The van der Waals surface area contributed by atoms with Crippen molar-refractivity contribution < 1.29 is 13.9 Å². The van der Waals surface area contributed by atoms with Crippen molar-refractivity contribution in [3.63, 3.8) is 0 Å². The topological polar surface area (TPSA) is 71.1 Å². The van der Waals surface area contributed by atoms with Crippen molar-refractivity contribution in [3.05, 3.63) is 41.5 Å². The second-order valence-electron chi connectivity index (χ2n) is 4.14. The molecule has 0 aliphatic heterocycles. The Kier molecular flexibility index (Phi) is 4.29. The van der Waals surface area contributed by atoms with Gasteiger partial charge in [0.2, 0.25) is 0 Å². The van der Waals surface area contributed by atoms with Gasteiger partial charge < -0.3 is 9.64 Å². The summed E-state index contributed by atoms with van der Waals surface area (Å²) in [5, 5.41) is 9.75. The highest BCUT2D eigenvalue weighted by Crippen LogP contribution is 2.19. The van der Waals surface area contributed by atoms with Gasteiger partial charge >= 0.3 is 0 Å². The number of benzene rings is 1. The number of nitrogens with one attached hydrogen (secondary N) is 1. The summed E-state index contributed by atoms with van der Waals surface area (Å²) in [7, 11) is 1.41. The van der Waals surface area contributed by atoms with Gasteiger partial charge in [0.1, 0.15) is 0 Å². The number of carbonyl (C=O) groups is 1. The fourth-order valence-electron chi connectivity index (χ4n) is 1.82. The van der Waals surface area contributed by atoms with Crippen molar-refractivity contribution in [3.8, 4) is 5.75 Å². The third kappa shape index (κ3) is 2.93. The lowest BCUT2D eigenvalue weighted by atomic mass is 10.2. The van der Waals surface area contributed by atoms with Crippen LogP contribution in [0.4, 0.5) is 4.39 Å². The number of halogens is 1. The molecule has 7 heteroatoms. The molecule has 0 radical (unpaired) electrons. The maximum absolute atomic E-state index is 13.6. The first-order valence-corrected chi connectivity index (χ1v) is 6.13. The Morgan fingerprint density at radius 1 is 1.50 bits per heavy atom. The Morgan fingerprint density at radius 3 is 2.85 bits per heavy atom. The number of hydrogen-bond donors (Lipinski definition) is 1. The van der Waals surface area contributed by atoms with E-state index in [0.717, 1.165) is 0 Å². The van der Waals surface area contributed by atoms with E-state index in [1.54, 1.807) is 17.0 Å². The minimum atomic E-state index is -0.449. The summed E-state index contributed by atoms with van der Waals surface area (Å²) in [6.45, 7) is 2.63. The molecule has 20 heavy (non-hydrogen) atoms. The molecule has 0 aliphatic rings. The first-order valence-electron chi connectivity index (χ1n) is 6.13. The number of aromatic nitrogens is 3. The average molecular weight is 278 g/mol. The number of carbonyl (C=O) groups excluding carboxylic acids is 1. The van der Waals surface area contributed by atoms with Gasteiger partial charge in [-0.15, -0.1) is 0 Å². The van der Waals surface area contributed by atoms with Gasteiger partial charge in [0, 0.05) is 13.1 Å². The standard InChI is InChI=1S/C13H15FN4O2/c1-3-18(13(19)11-7-15-17-16-11)8-9-4-5-12(20-2)10(14)6-9/h4-7H,3,8H2,1-2H3,(H,15,16,17). The molecule has 0 spiro atoms. The number of amides is 1. The zero-order chi connectivity index (χ0) is 14.5. The number of methoxy groups -OCH3 is 1. The summed E-state index contributed by atoms with van der Waals surface area (Å²) < 4.78 is 18.5. The van der Waals surface area contributed by atoms with Crippen molar-refractivity contribution in [1.82, 2.24) is 20.3 Å². The van der Waals surface area contributed by atoms with Gasteiger partial charge in [-0.1, -0.05) is 6.07 Å². The molecule has 1 N–H and O–H groups in total. The molecule has 1 aromatic heterocycles. The molecule has 0 unspecified atom stereocenters. The summed E-state index contributed by atoms with van der Waals surface area (Å²) in [6.07, 6.45) is 1.36. The normalized spacial score (nSPS) is 10.3. The molecule has 6 nitrogen and oxygen atoms in total. The molecule has 2 aromatic rings. The van der Waals surface area contributed by atoms with Gasteiger partial charge in [-0.25, -0.2) is 4.39 Å². The highest BCUT2D eigenvalue weighted by molar-refractivity contribution is 5.91. The molecule has 0 fully saturated rings. The van der Waals surface area contributed by atoms with Gasteiger partial charge in [0.15, 0.2) is 17.3 Å². The van der Waals surface area contributed by atoms with E-state index in [4.69, 9.17) is 4.74 Å². The van der Waals surface area contributed by atoms with Crippen LogP contribution in [-0.2, 0) is 6.54 Å². The van der Waals surface area contributed by atoms with Crippen LogP contribution in [0.15, 0.2) is 24.4 Å². The first kappa shape index (κ1) is 14.0. The van der Waals surface area contributed by atoms with Crippen molar-refractivity contribution in [2.45, 2.75) is 13.5 Å². The van der Waals surface area contributed by atoms with Gasteiger partial charge in [0.05, 0.1) is 13.3 Å². The molecular weight excluding hydrogens is 263 g/mol. The highest BCUT2D eigenvalue weighted by Gasteiger charge is 2.17. The van der Waals surface area contributed by atoms with Crippen molar-refractivity contribution in [2.24, 2.45) is 0 Å². The molecule has 1 amide bonds. The maximum atomic E-state index is 13.6. The summed E-state index contributed by atoms with van der Waals surface area (Å²) in [4.78, 5) is 13.7. The van der Waals surface area contributed by atoms with E-state index in [9.17, 15) is 9.18 Å². The Labute approximate surface area is 115 Å². The molecule has 0 aliphatic carbocycles. The SMILES string of the molecule is CCN(Cc1ccc(OC)c(F)c1)C(=O)c1cn[nH]n1. The van der Waals surface area contributed by atoms with Crippen molar-refractivity contribution in [1.29, 1.82) is 0 Å². The number of nitrogens with zero attached hydrogens (tertiary/aromatic N) is 3. The van der Waals surface area contributed by atoms with Gasteiger partial charge in [0.25, 0.3) is 5.91 Å². The summed E-state index contributed by atoms with van der Waals surface area (Å²) in [6, 6.07) is 4.62. The number of ether oxygens (including phenoxy) is 1. The summed E-state index contributed by atoms with van der Waals surface area (Å²) in [5.74, 6) is -0.521. The number of H-pyrrole nitrogens is 1. The number of hydrogen-bond acceptors (Lipinski definition) is 4. The zero-order valence-electron chi connectivity index (χ0n) is 11.3. The number of rotatable bonds is 5. The Hall–Kier alpha value is -2.44. The van der Waals surface area contributed by atoms with E-state index >= 15 is 0 Å². The molecule has 1 heterocycles. The van der Waals surface area contributed by atoms with Crippen LogP contribution in [0.2, 0.25) is 0 Å². The van der Waals surface area contributed by atoms with Crippen LogP contribution < -0.4 is 4.74 Å². The lowest BCUT2D eigenvalue weighted by molar-refractivity contribution is 0.0746. The third-order valence-electron chi connectivity index (χ3n) is 2.89. The van der Waals surface area contributed by atoms with E-state index < -0.39 is 5.82 Å². The molecule has 0 saturated heterocycles. The van der Waals surface area contributed by atoms with Gasteiger partial charge in [-0.3, -0.25) is 4.79 Å². The molecule has 2 rings (SSSR count). The minimum absolute atomic E-state index is 0.180. The van der Waals surface area contributed by atoms with Crippen LogP contribution in [-0.4, -0.2) is 39.9 Å². The average Bonchev–Trinajstić information content (AvgIpc) is 2.98. The van der Waals surface area contributed by atoms with Crippen LogP contribution in [0.25, 0.3) is 0 Å². The predicted molar refractivity (Wildman–Crippen MR) is 69.7 cm³/mol. The Bertz CT molecular complexity index is 586. The highest BCUT2D eigenvalue weighted by atomic mass is 19.1. The Balaban J connectivity index is 2.14. The van der Waals surface area contributed by atoms with Crippen LogP contribution in [0.3, 0.4) is 0 Å². The van der Waals surface area contributed by atoms with Crippen LogP contribution in [0.5, 0.6) is 5.75 Å². The van der Waals surface area contributed by atoms with E-state index in [1.807, 2.05) is 6.92 Å². The quantitative estimate of drug-likeness (QED) is 0.902. The summed E-state index contributed by atoms with van der Waals surface area (Å²) >= 11 is 0.